The number of halogens is 1. The number of carbonyl (C=O) groups excluding carboxylic acids is 1. The monoisotopic (exact) mass is 392 g/mol. The van der Waals surface area contributed by atoms with E-state index >= 15 is 0 Å². The van der Waals surface area contributed by atoms with Gasteiger partial charge in [-0.15, -0.1) is 0 Å². The molecule has 1 amide bonds. The highest BCUT2D eigenvalue weighted by molar-refractivity contribution is 6.31. The second-order valence-corrected chi connectivity index (χ2v) is 6.30. The number of hydrogen-bond donors (Lipinski definition) is 1. The SMILES string of the molecule is N#Cc1cc(NC(=O)COc2ccc(OCc3ccccc3)cc2)ccc1Cl. The fraction of sp³-hybridized carbons (Fsp3) is 0.0909. The van der Waals surface area contributed by atoms with Crippen molar-refractivity contribution < 1.29 is 14.3 Å². The summed E-state index contributed by atoms with van der Waals surface area (Å²) in [5.41, 5.74) is 1.87. The number of rotatable bonds is 7. The molecule has 0 atom stereocenters. The molecule has 0 saturated heterocycles. The molecule has 0 aliphatic rings. The van der Waals surface area contributed by atoms with Crippen LogP contribution in [0.4, 0.5) is 5.69 Å². The molecule has 0 aliphatic heterocycles. The van der Waals surface area contributed by atoms with Gasteiger partial charge in [-0.05, 0) is 48.0 Å². The summed E-state index contributed by atoms with van der Waals surface area (Å²) in [4.78, 5) is 12.0. The summed E-state index contributed by atoms with van der Waals surface area (Å²) in [6.45, 7) is 0.323. The second-order valence-electron chi connectivity index (χ2n) is 5.89. The van der Waals surface area contributed by atoms with Gasteiger partial charge in [0.1, 0.15) is 24.2 Å². The highest BCUT2D eigenvalue weighted by atomic mass is 35.5. The molecular formula is C22H17ClN2O3. The van der Waals surface area contributed by atoms with Gasteiger partial charge in [0.25, 0.3) is 5.91 Å². The van der Waals surface area contributed by atoms with E-state index in [0.29, 0.717) is 34.4 Å². The Hall–Kier alpha value is -3.49. The van der Waals surface area contributed by atoms with Crippen LogP contribution in [-0.2, 0) is 11.4 Å². The zero-order valence-electron chi connectivity index (χ0n) is 14.9. The predicted octanol–water partition coefficient (Wildman–Crippen LogP) is 4.81. The number of anilines is 1. The minimum absolute atomic E-state index is 0.158. The summed E-state index contributed by atoms with van der Waals surface area (Å²) in [6, 6.07) is 23.6. The van der Waals surface area contributed by atoms with Crippen molar-refractivity contribution in [2.24, 2.45) is 0 Å². The van der Waals surface area contributed by atoms with Crippen molar-refractivity contribution in [2.75, 3.05) is 11.9 Å². The normalized spacial score (nSPS) is 10.0. The molecule has 140 valence electrons. The lowest BCUT2D eigenvalue weighted by atomic mass is 10.2. The molecule has 28 heavy (non-hydrogen) atoms. The van der Waals surface area contributed by atoms with Gasteiger partial charge in [0.2, 0.25) is 0 Å². The van der Waals surface area contributed by atoms with Gasteiger partial charge in [0.05, 0.1) is 10.6 Å². The van der Waals surface area contributed by atoms with E-state index in [1.807, 2.05) is 36.4 Å². The van der Waals surface area contributed by atoms with Gasteiger partial charge in [-0.2, -0.15) is 5.26 Å². The van der Waals surface area contributed by atoms with Crippen molar-refractivity contribution in [3.8, 4) is 17.6 Å². The maximum atomic E-state index is 12.0. The molecule has 6 heteroatoms. The number of amides is 1. The van der Waals surface area contributed by atoms with Crippen LogP contribution in [0.3, 0.4) is 0 Å². The fourth-order valence-corrected chi connectivity index (χ4v) is 2.57. The van der Waals surface area contributed by atoms with Crippen molar-refractivity contribution in [2.45, 2.75) is 6.61 Å². The van der Waals surface area contributed by atoms with Gasteiger partial charge >= 0.3 is 0 Å². The van der Waals surface area contributed by atoms with E-state index in [1.54, 1.807) is 36.4 Å². The quantitative estimate of drug-likeness (QED) is 0.626. The molecule has 0 unspecified atom stereocenters. The Kier molecular flexibility index (Phi) is 6.50. The van der Waals surface area contributed by atoms with E-state index in [4.69, 9.17) is 26.3 Å². The van der Waals surface area contributed by atoms with Gasteiger partial charge in [-0.1, -0.05) is 41.9 Å². The number of nitrogens with zero attached hydrogens (tertiary/aromatic N) is 1. The Morgan fingerprint density at radius 1 is 0.964 bits per heavy atom. The second kappa shape index (κ2) is 9.45. The number of hydrogen-bond acceptors (Lipinski definition) is 4. The van der Waals surface area contributed by atoms with Crippen LogP contribution in [0.15, 0.2) is 72.8 Å². The van der Waals surface area contributed by atoms with Crippen LogP contribution in [0.5, 0.6) is 11.5 Å². The maximum Gasteiger partial charge on any atom is 0.262 e. The number of ether oxygens (including phenoxy) is 2. The van der Waals surface area contributed by atoms with E-state index in [0.717, 1.165) is 5.56 Å². The minimum atomic E-state index is -0.337. The van der Waals surface area contributed by atoms with E-state index < -0.39 is 0 Å². The first kappa shape index (κ1) is 19.3. The smallest absolute Gasteiger partial charge is 0.262 e. The van der Waals surface area contributed by atoms with Crippen LogP contribution < -0.4 is 14.8 Å². The zero-order valence-corrected chi connectivity index (χ0v) is 15.6. The molecule has 0 bridgehead atoms. The molecule has 3 rings (SSSR count). The molecule has 0 aromatic heterocycles. The molecule has 0 heterocycles. The van der Waals surface area contributed by atoms with Crippen LogP contribution >= 0.6 is 11.6 Å². The molecule has 0 aliphatic carbocycles. The Bertz CT molecular complexity index is 983. The molecule has 3 aromatic carbocycles. The van der Waals surface area contributed by atoms with Crippen molar-refractivity contribution in [3.05, 3.63) is 88.9 Å². The van der Waals surface area contributed by atoms with E-state index in [1.165, 1.54) is 6.07 Å². The lowest BCUT2D eigenvalue weighted by molar-refractivity contribution is -0.118. The van der Waals surface area contributed by atoms with Crippen molar-refractivity contribution >= 4 is 23.2 Å². The van der Waals surface area contributed by atoms with E-state index in [2.05, 4.69) is 5.32 Å². The van der Waals surface area contributed by atoms with Gasteiger partial charge < -0.3 is 14.8 Å². The van der Waals surface area contributed by atoms with Crippen LogP contribution in [0.2, 0.25) is 5.02 Å². The van der Waals surface area contributed by atoms with Gasteiger partial charge in [-0.25, -0.2) is 0 Å². The number of carbonyl (C=O) groups is 1. The average Bonchev–Trinajstić information content (AvgIpc) is 2.73. The van der Waals surface area contributed by atoms with Crippen LogP contribution in [0.1, 0.15) is 11.1 Å². The highest BCUT2D eigenvalue weighted by Crippen LogP contribution is 2.20. The van der Waals surface area contributed by atoms with E-state index in [-0.39, 0.29) is 12.5 Å². The average molecular weight is 393 g/mol. The summed E-state index contributed by atoms with van der Waals surface area (Å²) >= 11 is 5.87. The molecule has 1 N–H and O–H groups in total. The lowest BCUT2D eigenvalue weighted by Gasteiger charge is -2.10. The molecule has 5 nitrogen and oxygen atoms in total. The third-order valence-electron chi connectivity index (χ3n) is 3.81. The molecule has 0 saturated carbocycles. The van der Waals surface area contributed by atoms with Crippen LogP contribution in [-0.4, -0.2) is 12.5 Å². The Labute approximate surface area is 168 Å². The first-order valence-electron chi connectivity index (χ1n) is 8.53. The summed E-state index contributed by atoms with van der Waals surface area (Å²) in [5.74, 6) is 0.928. The van der Waals surface area contributed by atoms with Crippen molar-refractivity contribution in [3.63, 3.8) is 0 Å². The topological polar surface area (TPSA) is 71.4 Å². The standard InChI is InChI=1S/C22H17ClN2O3/c23-21-11-6-18(12-17(21)13-24)25-22(26)15-28-20-9-7-19(8-10-20)27-14-16-4-2-1-3-5-16/h1-12H,14-15H2,(H,25,26). The number of benzene rings is 3. The molecule has 0 radical (unpaired) electrons. The van der Waals surface area contributed by atoms with Crippen LogP contribution in [0.25, 0.3) is 0 Å². The first-order chi connectivity index (χ1) is 13.6. The third kappa shape index (κ3) is 5.50. The molecule has 0 spiro atoms. The van der Waals surface area contributed by atoms with E-state index in [9.17, 15) is 4.79 Å². The number of nitrogens with one attached hydrogen (secondary N) is 1. The third-order valence-corrected chi connectivity index (χ3v) is 4.14. The van der Waals surface area contributed by atoms with Crippen molar-refractivity contribution in [1.29, 1.82) is 5.26 Å². The van der Waals surface area contributed by atoms with Crippen molar-refractivity contribution in [1.82, 2.24) is 0 Å². The van der Waals surface area contributed by atoms with Gasteiger partial charge in [0, 0.05) is 5.69 Å². The minimum Gasteiger partial charge on any atom is -0.489 e. The Balaban J connectivity index is 1.48. The summed E-state index contributed by atoms with van der Waals surface area (Å²) in [7, 11) is 0. The summed E-state index contributed by atoms with van der Waals surface area (Å²) < 4.78 is 11.2. The zero-order chi connectivity index (χ0) is 19.8. The molecular weight excluding hydrogens is 376 g/mol. The lowest BCUT2D eigenvalue weighted by Crippen LogP contribution is -2.20. The Morgan fingerprint density at radius 3 is 2.32 bits per heavy atom. The highest BCUT2D eigenvalue weighted by Gasteiger charge is 2.07. The van der Waals surface area contributed by atoms with Gasteiger partial charge in [0.15, 0.2) is 6.61 Å². The Morgan fingerprint density at radius 2 is 1.64 bits per heavy atom. The predicted molar refractivity (Wildman–Crippen MR) is 108 cm³/mol. The first-order valence-corrected chi connectivity index (χ1v) is 8.91. The summed E-state index contributed by atoms with van der Waals surface area (Å²) in [5, 5.41) is 12.0. The summed E-state index contributed by atoms with van der Waals surface area (Å²) in [6.07, 6.45) is 0. The van der Waals surface area contributed by atoms with Gasteiger partial charge in [-0.3, -0.25) is 4.79 Å². The van der Waals surface area contributed by atoms with Crippen LogP contribution in [0, 0.1) is 11.3 Å². The molecule has 0 fully saturated rings. The fourth-order valence-electron chi connectivity index (χ4n) is 2.41. The molecule has 3 aromatic rings. The number of nitriles is 1. The maximum absolute atomic E-state index is 12.0. The largest absolute Gasteiger partial charge is 0.489 e.